The van der Waals surface area contributed by atoms with E-state index < -0.39 is 22.0 Å². The van der Waals surface area contributed by atoms with Crippen LogP contribution in [0.2, 0.25) is 10.0 Å². The average molecular weight is 594 g/mol. The summed E-state index contributed by atoms with van der Waals surface area (Å²) >= 11 is 13.0. The number of benzene rings is 2. The maximum absolute atomic E-state index is 13.3. The molecule has 0 saturated heterocycles. The number of rotatable bonds is 10. The van der Waals surface area contributed by atoms with E-state index in [0.29, 0.717) is 23.5 Å². The molecule has 3 aromatic rings. The summed E-state index contributed by atoms with van der Waals surface area (Å²) < 4.78 is 28.6. The Balaban J connectivity index is 1.95. The van der Waals surface area contributed by atoms with Gasteiger partial charge in [0.25, 0.3) is 15.9 Å². The molecule has 39 heavy (non-hydrogen) atoms. The third kappa shape index (κ3) is 7.66. The highest BCUT2D eigenvalue weighted by Gasteiger charge is 2.27. The molecule has 2 N–H and O–H groups in total. The van der Waals surface area contributed by atoms with Crippen molar-refractivity contribution in [2.24, 2.45) is 0 Å². The SMILES string of the molecule is CCN(CC)CCN(C(=O)NC(=O)c1ccccc1)c1ccc(S(=O)(=O)Nc2nc(C)cc(C)n2)c(Cl)c1Cl. The Morgan fingerprint density at radius 2 is 1.51 bits per heavy atom. The number of hydrogen-bond donors (Lipinski definition) is 2. The summed E-state index contributed by atoms with van der Waals surface area (Å²) in [6.45, 7) is 9.52. The van der Waals surface area contributed by atoms with E-state index in [1.165, 1.54) is 17.0 Å². The lowest BCUT2D eigenvalue weighted by molar-refractivity contribution is 0.0965. The Hall–Kier alpha value is -3.25. The molecule has 0 atom stereocenters. The molecular weight excluding hydrogens is 563 g/mol. The van der Waals surface area contributed by atoms with Crippen molar-refractivity contribution >= 4 is 56.8 Å². The summed E-state index contributed by atoms with van der Waals surface area (Å²) in [6.07, 6.45) is 0. The molecule has 10 nitrogen and oxygen atoms in total. The first-order valence-corrected chi connectivity index (χ1v) is 14.4. The number of aryl methyl sites for hydroxylation is 2. The lowest BCUT2D eigenvalue weighted by Crippen LogP contribution is -2.46. The van der Waals surface area contributed by atoms with Crippen LogP contribution in [0.25, 0.3) is 0 Å². The van der Waals surface area contributed by atoms with Gasteiger partial charge in [-0.3, -0.25) is 15.0 Å². The van der Waals surface area contributed by atoms with E-state index in [4.69, 9.17) is 23.2 Å². The number of urea groups is 1. The highest BCUT2D eigenvalue weighted by molar-refractivity contribution is 7.92. The van der Waals surface area contributed by atoms with Gasteiger partial charge in [-0.05, 0) is 57.3 Å². The molecule has 3 rings (SSSR count). The van der Waals surface area contributed by atoms with Crippen molar-refractivity contribution in [3.05, 3.63) is 75.5 Å². The molecule has 2 aromatic carbocycles. The second-order valence-corrected chi connectivity index (χ2v) is 11.0. The lowest BCUT2D eigenvalue weighted by atomic mass is 10.2. The zero-order valence-corrected chi connectivity index (χ0v) is 24.4. The maximum Gasteiger partial charge on any atom is 0.328 e. The molecular formula is C26H30Cl2N6O4S. The van der Waals surface area contributed by atoms with Gasteiger partial charge in [-0.2, -0.15) is 0 Å². The quantitative estimate of drug-likeness (QED) is 0.343. The van der Waals surface area contributed by atoms with Crippen LogP contribution in [0.15, 0.2) is 53.4 Å². The predicted molar refractivity (Wildman–Crippen MR) is 153 cm³/mol. The van der Waals surface area contributed by atoms with Gasteiger partial charge in [-0.25, -0.2) is 27.9 Å². The Morgan fingerprint density at radius 3 is 2.10 bits per heavy atom. The highest BCUT2D eigenvalue weighted by atomic mass is 35.5. The van der Waals surface area contributed by atoms with Gasteiger partial charge in [-0.1, -0.05) is 55.2 Å². The molecule has 208 valence electrons. The number of carbonyl (C=O) groups excluding carboxylic acids is 2. The fourth-order valence-corrected chi connectivity index (χ4v) is 5.64. The molecule has 0 unspecified atom stereocenters. The smallest absolute Gasteiger partial charge is 0.302 e. The predicted octanol–water partition coefficient (Wildman–Crippen LogP) is 4.90. The Bertz CT molecular complexity index is 1430. The first-order valence-electron chi connectivity index (χ1n) is 12.2. The average Bonchev–Trinajstić information content (AvgIpc) is 2.88. The van der Waals surface area contributed by atoms with Gasteiger partial charge in [0, 0.05) is 30.0 Å². The fraction of sp³-hybridized carbons (Fsp3) is 0.308. The topological polar surface area (TPSA) is 125 Å². The zero-order chi connectivity index (χ0) is 28.7. The van der Waals surface area contributed by atoms with Crippen molar-refractivity contribution in [3.8, 4) is 0 Å². The van der Waals surface area contributed by atoms with E-state index in [1.54, 1.807) is 50.2 Å². The van der Waals surface area contributed by atoms with Crippen LogP contribution in [-0.4, -0.2) is 61.4 Å². The van der Waals surface area contributed by atoms with Crippen molar-refractivity contribution in [1.82, 2.24) is 20.2 Å². The van der Waals surface area contributed by atoms with Gasteiger partial charge in [0.05, 0.1) is 15.7 Å². The largest absolute Gasteiger partial charge is 0.328 e. The van der Waals surface area contributed by atoms with E-state index >= 15 is 0 Å². The summed E-state index contributed by atoms with van der Waals surface area (Å²) in [5.41, 5.74) is 1.62. The highest BCUT2D eigenvalue weighted by Crippen LogP contribution is 2.38. The van der Waals surface area contributed by atoms with E-state index in [2.05, 4.69) is 24.9 Å². The first kappa shape index (κ1) is 30.3. The number of hydrogen-bond acceptors (Lipinski definition) is 7. The molecule has 0 spiro atoms. The van der Waals surface area contributed by atoms with Crippen LogP contribution >= 0.6 is 23.2 Å². The number of carbonyl (C=O) groups is 2. The molecule has 0 aliphatic heterocycles. The molecule has 0 aliphatic rings. The van der Waals surface area contributed by atoms with Crippen LogP contribution in [0, 0.1) is 13.8 Å². The fourth-order valence-electron chi connectivity index (χ4n) is 3.82. The molecule has 13 heteroatoms. The molecule has 0 fully saturated rings. The van der Waals surface area contributed by atoms with Gasteiger partial charge >= 0.3 is 6.03 Å². The van der Waals surface area contributed by atoms with Gasteiger partial charge in [0.1, 0.15) is 4.90 Å². The number of sulfonamides is 1. The molecule has 0 bridgehead atoms. The summed E-state index contributed by atoms with van der Waals surface area (Å²) in [6, 6.07) is 11.9. The Kier molecular flexibility index (Phi) is 10.3. The van der Waals surface area contributed by atoms with Crippen LogP contribution in [-0.2, 0) is 10.0 Å². The van der Waals surface area contributed by atoms with Crippen LogP contribution < -0.4 is 14.9 Å². The number of nitrogens with one attached hydrogen (secondary N) is 2. The molecule has 1 aromatic heterocycles. The Labute approximate surface area is 238 Å². The van der Waals surface area contributed by atoms with E-state index in [1.807, 2.05) is 13.8 Å². The second kappa shape index (κ2) is 13.2. The normalized spacial score (nSPS) is 11.4. The third-order valence-electron chi connectivity index (χ3n) is 5.85. The monoisotopic (exact) mass is 592 g/mol. The van der Waals surface area contributed by atoms with Crippen LogP contribution in [0.3, 0.4) is 0 Å². The van der Waals surface area contributed by atoms with Crippen molar-refractivity contribution in [2.75, 3.05) is 35.8 Å². The van der Waals surface area contributed by atoms with Crippen LogP contribution in [0.1, 0.15) is 35.6 Å². The molecule has 0 saturated carbocycles. The van der Waals surface area contributed by atoms with E-state index in [-0.39, 0.29) is 33.1 Å². The molecule has 3 amide bonds. The maximum atomic E-state index is 13.3. The minimum absolute atomic E-state index is 0.108. The van der Waals surface area contributed by atoms with Crippen molar-refractivity contribution in [1.29, 1.82) is 0 Å². The Morgan fingerprint density at radius 1 is 0.897 bits per heavy atom. The zero-order valence-electron chi connectivity index (χ0n) is 22.0. The van der Waals surface area contributed by atoms with E-state index in [0.717, 1.165) is 13.1 Å². The number of aromatic nitrogens is 2. The first-order chi connectivity index (χ1) is 18.5. The van der Waals surface area contributed by atoms with Crippen LogP contribution in [0.4, 0.5) is 16.4 Å². The summed E-state index contributed by atoms with van der Waals surface area (Å²) in [5.74, 6) is -0.698. The molecule has 0 radical (unpaired) electrons. The van der Waals surface area contributed by atoms with Crippen molar-refractivity contribution in [3.63, 3.8) is 0 Å². The van der Waals surface area contributed by atoms with Crippen molar-refractivity contribution < 1.29 is 18.0 Å². The number of anilines is 2. The van der Waals surface area contributed by atoms with E-state index in [9.17, 15) is 18.0 Å². The third-order valence-corrected chi connectivity index (χ3v) is 8.21. The van der Waals surface area contributed by atoms with Crippen molar-refractivity contribution in [2.45, 2.75) is 32.6 Å². The number of halogens is 2. The number of likely N-dealkylation sites (N-methyl/N-ethyl adjacent to an activating group) is 1. The molecule has 1 heterocycles. The summed E-state index contributed by atoms with van der Waals surface area (Å²) in [4.78, 5) is 37.2. The standard InChI is InChI=1S/C26H30Cl2N6O4S/c1-5-33(6-2)14-15-34(26(36)31-24(35)19-10-8-7-9-11-19)20-12-13-21(23(28)22(20)27)39(37,38)32-25-29-17(3)16-18(4)30-25/h7-13,16H,5-6,14-15H2,1-4H3,(H,29,30,32)(H,31,35,36). The second-order valence-electron chi connectivity index (χ2n) is 8.59. The molecule has 0 aliphatic carbocycles. The van der Waals surface area contributed by atoms with Gasteiger partial charge in [0.15, 0.2) is 0 Å². The van der Waals surface area contributed by atoms with Gasteiger partial charge in [0.2, 0.25) is 5.95 Å². The summed E-state index contributed by atoms with van der Waals surface area (Å²) in [5, 5.41) is 1.92. The number of amides is 3. The lowest BCUT2D eigenvalue weighted by Gasteiger charge is -2.27. The van der Waals surface area contributed by atoms with Gasteiger partial charge in [-0.15, -0.1) is 0 Å². The minimum atomic E-state index is -4.22. The minimum Gasteiger partial charge on any atom is -0.302 e. The number of nitrogens with zero attached hydrogens (tertiary/aromatic N) is 4. The van der Waals surface area contributed by atoms with Gasteiger partial charge < -0.3 is 4.90 Å². The van der Waals surface area contributed by atoms with Crippen LogP contribution in [0.5, 0.6) is 0 Å². The number of imide groups is 1. The summed E-state index contributed by atoms with van der Waals surface area (Å²) in [7, 11) is -4.22.